The van der Waals surface area contributed by atoms with Crippen molar-refractivity contribution in [1.82, 2.24) is 5.32 Å². The van der Waals surface area contributed by atoms with E-state index >= 15 is 0 Å². The summed E-state index contributed by atoms with van der Waals surface area (Å²) in [7, 11) is 0. The zero-order valence-electron chi connectivity index (χ0n) is 13.4. The molecule has 0 radical (unpaired) electrons. The molecule has 0 spiro atoms. The molecule has 0 rings (SSSR count). The summed E-state index contributed by atoms with van der Waals surface area (Å²) in [6, 6.07) is 0. The number of carbonyl (C=O) groups excluding carboxylic acids is 2. The first-order chi connectivity index (χ1) is 9.45. The predicted octanol–water partition coefficient (Wildman–Crippen LogP) is 3.24. The highest BCUT2D eigenvalue weighted by molar-refractivity contribution is 5.75. The van der Waals surface area contributed by atoms with Crippen LogP contribution in [0.4, 0.5) is 0 Å². The van der Waals surface area contributed by atoms with Gasteiger partial charge in [0.05, 0.1) is 5.60 Å². The number of hydrogen-bond acceptors (Lipinski definition) is 3. The van der Waals surface area contributed by atoms with Gasteiger partial charge in [-0.25, -0.2) is 0 Å². The fourth-order valence-electron chi connectivity index (χ4n) is 1.79. The fraction of sp³-hybridized carbons (Fsp3) is 0.875. The van der Waals surface area contributed by atoms with Crippen LogP contribution in [0, 0.1) is 0 Å². The Hall–Kier alpha value is -0.900. The summed E-state index contributed by atoms with van der Waals surface area (Å²) in [6.07, 6.45) is 8.02. The second kappa shape index (κ2) is 11.9. The first kappa shape index (κ1) is 19.1. The molecule has 0 aromatic carbocycles. The summed E-state index contributed by atoms with van der Waals surface area (Å²) in [4.78, 5) is 21.6. The summed E-state index contributed by atoms with van der Waals surface area (Å²) in [6.45, 7) is 7.65. The van der Waals surface area contributed by atoms with Crippen molar-refractivity contribution in [1.29, 1.82) is 0 Å². The average molecular weight is 285 g/mol. The minimum Gasteiger partial charge on any atom is -0.376 e. The molecule has 1 amide bonds. The summed E-state index contributed by atoms with van der Waals surface area (Å²) in [5.74, 6) is 0.136. The van der Waals surface area contributed by atoms with Crippen LogP contribution in [0.2, 0.25) is 0 Å². The molecule has 0 aliphatic carbocycles. The molecule has 4 nitrogen and oxygen atoms in total. The lowest BCUT2D eigenvalue weighted by Crippen LogP contribution is -2.24. The van der Waals surface area contributed by atoms with Crippen molar-refractivity contribution in [2.75, 3.05) is 13.2 Å². The monoisotopic (exact) mass is 285 g/mol. The highest BCUT2D eigenvalue weighted by Gasteiger charge is 2.08. The van der Waals surface area contributed by atoms with E-state index < -0.39 is 0 Å². The molecule has 0 fully saturated rings. The fourth-order valence-corrected chi connectivity index (χ4v) is 1.79. The highest BCUT2D eigenvalue weighted by atomic mass is 16.5. The number of aldehydes is 1. The van der Waals surface area contributed by atoms with E-state index in [1.807, 2.05) is 0 Å². The Morgan fingerprint density at radius 1 is 1.05 bits per heavy atom. The lowest BCUT2D eigenvalue weighted by atomic mass is 10.1. The summed E-state index contributed by atoms with van der Waals surface area (Å²) in [5.41, 5.74) is -0.0682. The molecule has 118 valence electrons. The van der Waals surface area contributed by atoms with Crippen LogP contribution < -0.4 is 5.32 Å². The van der Waals surface area contributed by atoms with Crippen molar-refractivity contribution in [2.45, 2.75) is 77.7 Å². The quantitative estimate of drug-likeness (QED) is 0.442. The van der Waals surface area contributed by atoms with Gasteiger partial charge in [0.1, 0.15) is 6.29 Å². The molecule has 0 saturated carbocycles. The maximum absolute atomic E-state index is 11.5. The van der Waals surface area contributed by atoms with E-state index in [1.165, 1.54) is 0 Å². The van der Waals surface area contributed by atoms with E-state index in [2.05, 4.69) is 26.1 Å². The van der Waals surface area contributed by atoms with Gasteiger partial charge in [0.15, 0.2) is 0 Å². The van der Waals surface area contributed by atoms with E-state index in [4.69, 9.17) is 4.74 Å². The number of rotatable bonds is 12. The van der Waals surface area contributed by atoms with Gasteiger partial charge in [-0.05, 0) is 46.5 Å². The summed E-state index contributed by atoms with van der Waals surface area (Å²) < 4.78 is 5.62. The van der Waals surface area contributed by atoms with Gasteiger partial charge in [-0.1, -0.05) is 12.8 Å². The molecular weight excluding hydrogens is 254 g/mol. The molecular formula is C16H31NO3. The van der Waals surface area contributed by atoms with Crippen molar-refractivity contribution in [3.63, 3.8) is 0 Å². The second-order valence-corrected chi connectivity index (χ2v) is 6.14. The molecule has 0 bridgehead atoms. The topological polar surface area (TPSA) is 55.4 Å². The molecule has 0 heterocycles. The lowest BCUT2D eigenvalue weighted by molar-refractivity contribution is -0.121. The van der Waals surface area contributed by atoms with Gasteiger partial charge in [-0.3, -0.25) is 4.79 Å². The molecule has 0 aliphatic rings. The third kappa shape index (κ3) is 15.2. The number of unbranched alkanes of at least 4 members (excludes halogenated alkanes) is 5. The van der Waals surface area contributed by atoms with Crippen LogP contribution in [0.3, 0.4) is 0 Å². The van der Waals surface area contributed by atoms with Gasteiger partial charge in [0, 0.05) is 26.0 Å². The van der Waals surface area contributed by atoms with E-state index in [0.717, 1.165) is 58.0 Å². The van der Waals surface area contributed by atoms with Crippen LogP contribution in [-0.4, -0.2) is 30.9 Å². The van der Waals surface area contributed by atoms with Crippen LogP contribution >= 0.6 is 0 Å². The molecule has 20 heavy (non-hydrogen) atoms. The minimum atomic E-state index is -0.0682. The van der Waals surface area contributed by atoms with Crippen LogP contribution in [-0.2, 0) is 14.3 Å². The van der Waals surface area contributed by atoms with Gasteiger partial charge < -0.3 is 14.8 Å². The van der Waals surface area contributed by atoms with Gasteiger partial charge >= 0.3 is 0 Å². The van der Waals surface area contributed by atoms with E-state index in [9.17, 15) is 9.59 Å². The van der Waals surface area contributed by atoms with Crippen LogP contribution in [0.5, 0.6) is 0 Å². The normalized spacial score (nSPS) is 11.3. The smallest absolute Gasteiger partial charge is 0.219 e. The maximum Gasteiger partial charge on any atom is 0.219 e. The Kier molecular flexibility index (Phi) is 11.4. The Balaban J connectivity index is 3.26. The Labute approximate surface area is 123 Å². The average Bonchev–Trinajstić information content (AvgIpc) is 2.36. The Morgan fingerprint density at radius 2 is 1.75 bits per heavy atom. The van der Waals surface area contributed by atoms with Crippen molar-refractivity contribution in [3.05, 3.63) is 0 Å². The highest BCUT2D eigenvalue weighted by Crippen LogP contribution is 2.09. The number of carbonyl (C=O) groups is 2. The predicted molar refractivity (Wildman–Crippen MR) is 81.7 cm³/mol. The molecule has 1 N–H and O–H groups in total. The number of nitrogens with one attached hydrogen (secondary N) is 1. The number of ether oxygens (including phenoxy) is 1. The van der Waals surface area contributed by atoms with Crippen molar-refractivity contribution in [3.8, 4) is 0 Å². The first-order valence-electron chi connectivity index (χ1n) is 7.80. The first-order valence-corrected chi connectivity index (χ1v) is 7.80. The minimum absolute atomic E-state index is 0.0682. The van der Waals surface area contributed by atoms with Gasteiger partial charge in [-0.2, -0.15) is 0 Å². The van der Waals surface area contributed by atoms with E-state index in [-0.39, 0.29) is 11.5 Å². The van der Waals surface area contributed by atoms with Gasteiger partial charge in [0.25, 0.3) is 0 Å². The summed E-state index contributed by atoms with van der Waals surface area (Å²) in [5, 5.41) is 2.92. The van der Waals surface area contributed by atoms with Crippen molar-refractivity contribution >= 4 is 12.2 Å². The number of amides is 1. The largest absolute Gasteiger partial charge is 0.376 e. The van der Waals surface area contributed by atoms with E-state index in [0.29, 0.717) is 12.8 Å². The Bertz CT molecular complexity index is 259. The molecule has 0 saturated heterocycles. The van der Waals surface area contributed by atoms with Crippen molar-refractivity contribution < 1.29 is 14.3 Å². The molecule has 0 aliphatic heterocycles. The zero-order valence-corrected chi connectivity index (χ0v) is 13.4. The number of hydrogen-bond donors (Lipinski definition) is 1. The van der Waals surface area contributed by atoms with Crippen LogP contribution in [0.15, 0.2) is 0 Å². The van der Waals surface area contributed by atoms with Crippen LogP contribution in [0.25, 0.3) is 0 Å². The molecule has 0 atom stereocenters. The molecule has 4 heteroatoms. The molecule has 0 aromatic heterocycles. The summed E-state index contributed by atoms with van der Waals surface area (Å²) >= 11 is 0. The van der Waals surface area contributed by atoms with Gasteiger partial charge in [-0.15, -0.1) is 0 Å². The third-order valence-corrected chi connectivity index (χ3v) is 2.90. The second-order valence-electron chi connectivity index (χ2n) is 6.14. The zero-order chi connectivity index (χ0) is 15.3. The lowest BCUT2D eigenvalue weighted by Gasteiger charge is -2.19. The third-order valence-electron chi connectivity index (χ3n) is 2.90. The maximum atomic E-state index is 11.5. The van der Waals surface area contributed by atoms with Crippen LogP contribution in [0.1, 0.15) is 72.1 Å². The SMILES string of the molecule is CC(C)(C)OCCCCCC(=O)NCCCCCC=O. The van der Waals surface area contributed by atoms with Gasteiger partial charge in [0.2, 0.25) is 5.91 Å². The molecule has 0 aromatic rings. The standard InChI is InChI=1S/C16H31NO3/c1-16(2,3)20-14-10-6-7-11-15(19)17-12-8-4-5-9-13-18/h13H,4-12,14H2,1-3H3,(H,17,19). The molecule has 0 unspecified atom stereocenters. The Morgan fingerprint density at radius 3 is 2.40 bits per heavy atom. The van der Waals surface area contributed by atoms with Crippen molar-refractivity contribution in [2.24, 2.45) is 0 Å². The van der Waals surface area contributed by atoms with E-state index in [1.54, 1.807) is 0 Å².